The Kier molecular flexibility index (Phi) is 54.8. The molecule has 0 bridgehead atoms. The van der Waals surface area contributed by atoms with Crippen LogP contribution in [0.1, 0.15) is 8.35 Å². The molecule has 0 aliphatic carbocycles. The van der Waals surface area contributed by atoms with Gasteiger partial charge in [0, 0.05) is 32.4 Å². The third-order valence-corrected chi connectivity index (χ3v) is 0. The van der Waals surface area contributed by atoms with Crippen molar-refractivity contribution in [3.05, 3.63) is 0 Å². The average Bonchev–Trinajstić information content (AvgIpc) is 0.811. The Labute approximate surface area is 78.9 Å². The van der Waals surface area contributed by atoms with Crippen molar-refractivity contribution in [2.24, 2.45) is 0 Å². The molecular weight excluding hydrogens is 153 g/mol. The summed E-state index contributed by atoms with van der Waals surface area (Å²) in [4.78, 5) is 9.00. The van der Waals surface area contributed by atoms with Gasteiger partial charge in [-0.1, -0.05) is 0 Å². The fourth-order valence-electron chi connectivity index (χ4n) is 0. The summed E-state index contributed by atoms with van der Waals surface area (Å²) in [5.74, 6) is -0.833. The predicted molar refractivity (Wildman–Crippen MR) is 20.2 cm³/mol. The van der Waals surface area contributed by atoms with Crippen LogP contribution in [0, 0.1) is 0 Å². The third kappa shape index (κ3) is 162. The molecule has 0 aliphatic heterocycles. The van der Waals surface area contributed by atoms with Crippen LogP contribution in [0.25, 0.3) is 0 Å². The maximum Gasteiger partial charge on any atom is 1.00 e. The molecule has 0 unspecified atom stereocenters. The Morgan fingerprint density at radius 2 is 1.71 bits per heavy atom. The molecule has 0 heterocycles. The summed E-state index contributed by atoms with van der Waals surface area (Å²) in [6.45, 7) is 1.08. The molecule has 0 aromatic rings. The fourth-order valence-corrected chi connectivity index (χ4v) is 0. The number of aliphatic carboxylic acids is 1. The monoisotopic (exact) mass is 158 g/mol. The van der Waals surface area contributed by atoms with Gasteiger partial charge in [0.1, 0.15) is 0 Å². The van der Waals surface area contributed by atoms with Crippen LogP contribution in [0.5, 0.6) is 0 Å². The normalized spacial score (nSPS) is 3.57. The Balaban J connectivity index is -0.00000000750. The first-order valence-electron chi connectivity index (χ1n) is 0.928. The Morgan fingerprint density at radius 3 is 1.71 bits per heavy atom. The SMILES string of the molecule is CC(=O)O.[B].[Cu].[H-].[Na+]. The van der Waals surface area contributed by atoms with Crippen LogP contribution >= 0.6 is 0 Å². The van der Waals surface area contributed by atoms with Crippen molar-refractivity contribution in [1.82, 2.24) is 0 Å². The van der Waals surface area contributed by atoms with E-state index < -0.39 is 5.97 Å². The summed E-state index contributed by atoms with van der Waals surface area (Å²) in [6, 6.07) is 0. The molecule has 0 saturated heterocycles. The largest absolute Gasteiger partial charge is 1.00 e. The van der Waals surface area contributed by atoms with Crippen LogP contribution in [0.4, 0.5) is 0 Å². The van der Waals surface area contributed by atoms with E-state index in [0.29, 0.717) is 0 Å². The molecule has 2 nitrogen and oxygen atoms in total. The van der Waals surface area contributed by atoms with Gasteiger partial charge in [-0.2, -0.15) is 0 Å². The summed E-state index contributed by atoms with van der Waals surface area (Å²) < 4.78 is 0. The maximum absolute atomic E-state index is 9.00. The molecule has 0 aromatic heterocycles. The molecule has 0 atom stereocenters. The molecule has 0 rings (SSSR count). The van der Waals surface area contributed by atoms with E-state index in [2.05, 4.69) is 0 Å². The summed E-state index contributed by atoms with van der Waals surface area (Å²) in [5, 5.41) is 7.42. The van der Waals surface area contributed by atoms with Crippen molar-refractivity contribution in [2.45, 2.75) is 6.92 Å². The van der Waals surface area contributed by atoms with Crippen LogP contribution in [0.2, 0.25) is 0 Å². The standard InChI is InChI=1S/C2H4O2.B.Cu.Na.H/c1-2(3)4;;;;/h1H3,(H,3,4);;;;/q;;;+1;-1. The second kappa shape index (κ2) is 15.7. The fraction of sp³-hybridized carbons (Fsp3) is 0.500. The van der Waals surface area contributed by atoms with Gasteiger partial charge in [-0.05, 0) is 0 Å². The van der Waals surface area contributed by atoms with E-state index in [1.54, 1.807) is 0 Å². The Morgan fingerprint density at radius 1 is 1.71 bits per heavy atom. The zero-order valence-corrected chi connectivity index (χ0v) is 7.18. The topological polar surface area (TPSA) is 37.3 Å². The summed E-state index contributed by atoms with van der Waals surface area (Å²) in [5.41, 5.74) is 0. The second-order valence-electron chi connectivity index (χ2n) is 0.519. The molecule has 0 aromatic carbocycles. The van der Waals surface area contributed by atoms with E-state index in [-0.39, 0.29) is 56.5 Å². The molecule has 0 aliphatic rings. The van der Waals surface area contributed by atoms with Crippen molar-refractivity contribution in [3.8, 4) is 0 Å². The number of carbonyl (C=O) groups is 1. The van der Waals surface area contributed by atoms with Gasteiger partial charge in [0.25, 0.3) is 5.97 Å². The van der Waals surface area contributed by atoms with Crippen molar-refractivity contribution in [2.75, 3.05) is 0 Å². The van der Waals surface area contributed by atoms with Crippen LogP contribution in [0.3, 0.4) is 0 Å². The van der Waals surface area contributed by atoms with Crippen LogP contribution < -0.4 is 29.6 Å². The van der Waals surface area contributed by atoms with Crippen molar-refractivity contribution in [3.63, 3.8) is 0 Å². The zero-order chi connectivity index (χ0) is 3.58. The molecular formula is C2H5BCuNaO2. The van der Waals surface area contributed by atoms with Gasteiger partial charge in [0.2, 0.25) is 0 Å². The number of carboxylic acids is 1. The molecule has 0 fully saturated rings. The Bertz CT molecular complexity index is 43.0. The molecule has 40 valence electrons. The molecule has 4 radical (unpaired) electrons. The molecule has 5 heteroatoms. The van der Waals surface area contributed by atoms with Crippen LogP contribution in [-0.2, 0) is 21.9 Å². The second-order valence-corrected chi connectivity index (χ2v) is 0.519. The molecule has 0 amide bonds. The molecule has 7 heavy (non-hydrogen) atoms. The van der Waals surface area contributed by atoms with Crippen molar-refractivity contribution < 1.29 is 58.0 Å². The summed E-state index contributed by atoms with van der Waals surface area (Å²) in [7, 11) is 0. The van der Waals surface area contributed by atoms with Gasteiger partial charge in [-0.15, -0.1) is 0 Å². The minimum Gasteiger partial charge on any atom is -1.00 e. The average molecular weight is 158 g/mol. The number of carboxylic acid groups (broad SMARTS) is 1. The van der Waals surface area contributed by atoms with Gasteiger partial charge in [0.05, 0.1) is 0 Å². The Hall–Kier alpha value is 1.05. The molecule has 1 N–H and O–H groups in total. The van der Waals surface area contributed by atoms with Gasteiger partial charge in [-0.25, -0.2) is 0 Å². The van der Waals surface area contributed by atoms with E-state index in [0.717, 1.165) is 6.92 Å². The minimum absolute atomic E-state index is 0. The van der Waals surface area contributed by atoms with E-state index >= 15 is 0 Å². The van der Waals surface area contributed by atoms with Crippen LogP contribution in [-0.4, -0.2) is 19.5 Å². The van der Waals surface area contributed by atoms with Crippen molar-refractivity contribution in [1.29, 1.82) is 0 Å². The van der Waals surface area contributed by atoms with Crippen molar-refractivity contribution >= 4 is 14.4 Å². The first-order chi connectivity index (χ1) is 1.73. The van der Waals surface area contributed by atoms with E-state index in [1.807, 2.05) is 0 Å². The van der Waals surface area contributed by atoms with Gasteiger partial charge < -0.3 is 6.53 Å². The zero-order valence-electron chi connectivity index (χ0n) is 5.23. The quantitative estimate of drug-likeness (QED) is 0.378. The molecule has 0 spiro atoms. The minimum atomic E-state index is -0.833. The van der Waals surface area contributed by atoms with E-state index in [9.17, 15) is 0 Å². The first kappa shape index (κ1) is 24.4. The first-order valence-corrected chi connectivity index (χ1v) is 0.928. The number of hydrogen-bond donors (Lipinski definition) is 1. The van der Waals surface area contributed by atoms with E-state index in [4.69, 9.17) is 9.90 Å². The summed E-state index contributed by atoms with van der Waals surface area (Å²) >= 11 is 0. The smallest absolute Gasteiger partial charge is 1.00 e. The van der Waals surface area contributed by atoms with Gasteiger partial charge >= 0.3 is 29.6 Å². The number of rotatable bonds is 0. The summed E-state index contributed by atoms with van der Waals surface area (Å²) in [6.07, 6.45) is 0. The third-order valence-electron chi connectivity index (χ3n) is 0. The van der Waals surface area contributed by atoms with E-state index in [1.165, 1.54) is 0 Å². The van der Waals surface area contributed by atoms with Gasteiger partial charge in [-0.3, -0.25) is 4.79 Å². The van der Waals surface area contributed by atoms with Crippen LogP contribution in [0.15, 0.2) is 0 Å². The number of hydrogen-bond acceptors (Lipinski definition) is 1. The molecule has 0 saturated carbocycles. The predicted octanol–water partition coefficient (Wildman–Crippen LogP) is -3.18. The van der Waals surface area contributed by atoms with Gasteiger partial charge in [0.15, 0.2) is 0 Å². The maximum atomic E-state index is 9.00.